The van der Waals surface area contributed by atoms with Crippen LogP contribution in [-0.4, -0.2) is 33.7 Å². The molecule has 0 amide bonds. The van der Waals surface area contributed by atoms with Crippen LogP contribution in [0.15, 0.2) is 41.7 Å². The van der Waals surface area contributed by atoms with Gasteiger partial charge in [0.25, 0.3) is 0 Å². The Labute approximate surface area is 157 Å². The van der Waals surface area contributed by atoms with Gasteiger partial charge in [0, 0.05) is 25.0 Å². The fourth-order valence-electron chi connectivity index (χ4n) is 2.59. The van der Waals surface area contributed by atoms with Crippen LogP contribution in [0.5, 0.6) is 0 Å². The Morgan fingerprint density at radius 3 is 2.36 bits per heavy atom. The van der Waals surface area contributed by atoms with Crippen LogP contribution in [-0.2, 0) is 23.1 Å². The normalized spacial score (nSPS) is 12.4. The van der Waals surface area contributed by atoms with Crippen LogP contribution in [0.2, 0.25) is 0 Å². The highest BCUT2D eigenvalue weighted by Crippen LogP contribution is 2.34. The highest BCUT2D eigenvalue weighted by atomic mass is 32.2. The Morgan fingerprint density at radius 1 is 1.07 bits per heavy atom. The van der Waals surface area contributed by atoms with Gasteiger partial charge in [0.1, 0.15) is 5.69 Å². The molecule has 0 aliphatic heterocycles. The average molecular weight is 414 g/mol. The van der Waals surface area contributed by atoms with E-state index in [2.05, 4.69) is 15.0 Å². The number of sulfone groups is 1. The molecule has 11 heteroatoms. The van der Waals surface area contributed by atoms with Gasteiger partial charge in [-0.25, -0.2) is 18.4 Å². The zero-order valence-corrected chi connectivity index (χ0v) is 15.5. The van der Waals surface area contributed by atoms with Crippen molar-refractivity contribution in [2.75, 3.05) is 5.75 Å². The summed E-state index contributed by atoms with van der Waals surface area (Å²) in [4.78, 5) is 10.9. The van der Waals surface area contributed by atoms with Crippen LogP contribution < -0.4 is 0 Å². The van der Waals surface area contributed by atoms with E-state index in [1.807, 2.05) is 0 Å². The van der Waals surface area contributed by atoms with E-state index >= 15 is 0 Å². The van der Waals surface area contributed by atoms with Crippen molar-refractivity contribution in [1.29, 1.82) is 0 Å². The second-order valence-electron chi connectivity index (χ2n) is 5.87. The first-order valence-electron chi connectivity index (χ1n) is 7.98. The summed E-state index contributed by atoms with van der Waals surface area (Å²) in [6.07, 6.45) is -1.53. The van der Waals surface area contributed by atoms with Gasteiger partial charge >= 0.3 is 6.18 Å². The summed E-state index contributed by atoms with van der Waals surface area (Å²) in [6, 6.07) is 3.16. The lowest BCUT2D eigenvalue weighted by molar-refractivity contribution is -0.138. The molecule has 0 saturated carbocycles. The van der Waals surface area contributed by atoms with Crippen LogP contribution in [0, 0.1) is 5.95 Å². The van der Waals surface area contributed by atoms with Crippen molar-refractivity contribution in [3.8, 4) is 22.8 Å². The molecule has 0 fully saturated rings. The van der Waals surface area contributed by atoms with Crippen molar-refractivity contribution in [1.82, 2.24) is 19.5 Å². The monoisotopic (exact) mass is 414 g/mol. The summed E-state index contributed by atoms with van der Waals surface area (Å²) in [5.41, 5.74) is -0.405. The van der Waals surface area contributed by atoms with Crippen LogP contribution >= 0.6 is 0 Å². The lowest BCUT2D eigenvalue weighted by Gasteiger charge is -2.13. The van der Waals surface area contributed by atoms with Gasteiger partial charge in [-0.05, 0) is 18.2 Å². The van der Waals surface area contributed by atoms with E-state index in [1.54, 1.807) is 7.05 Å². The third-order valence-corrected chi connectivity index (χ3v) is 5.86. The van der Waals surface area contributed by atoms with Crippen LogP contribution in [0.3, 0.4) is 0 Å². The molecule has 0 aliphatic rings. The molecule has 0 unspecified atom stereocenters. The minimum Gasteiger partial charge on any atom is -0.326 e. The first-order valence-corrected chi connectivity index (χ1v) is 9.64. The second kappa shape index (κ2) is 6.97. The number of nitrogens with zero attached hydrogens (tertiary/aromatic N) is 4. The van der Waals surface area contributed by atoms with Crippen molar-refractivity contribution in [2.45, 2.75) is 18.0 Å². The Balaban J connectivity index is 2.20. The van der Waals surface area contributed by atoms with E-state index in [0.717, 1.165) is 6.07 Å². The maximum atomic E-state index is 13.0. The Kier molecular flexibility index (Phi) is 4.96. The van der Waals surface area contributed by atoms with Gasteiger partial charge in [0.15, 0.2) is 15.7 Å². The standard InChI is InChI=1S/C17H14F4N4O2S/c1-3-28(26,27)13-6-11(17(19,20)21)8-23-15(13)16-24-9-12(25(16)2)10-4-5-14(18)22-7-10/h4-9H,3H2,1-2H3. The molecule has 0 atom stereocenters. The first kappa shape index (κ1) is 19.9. The summed E-state index contributed by atoms with van der Waals surface area (Å²) < 4.78 is 78.4. The van der Waals surface area contributed by atoms with E-state index < -0.39 is 38.2 Å². The predicted octanol–water partition coefficient (Wildman–Crippen LogP) is 3.50. The molecule has 3 aromatic heterocycles. The lowest BCUT2D eigenvalue weighted by Crippen LogP contribution is -2.13. The molecule has 0 saturated heterocycles. The van der Waals surface area contributed by atoms with Gasteiger partial charge in [-0.15, -0.1) is 0 Å². The number of imidazole rings is 1. The summed E-state index contributed by atoms with van der Waals surface area (Å²) in [5.74, 6) is -1.02. The number of rotatable bonds is 4. The first-order chi connectivity index (χ1) is 13.0. The highest BCUT2D eigenvalue weighted by Gasteiger charge is 2.34. The molecule has 6 nitrogen and oxygen atoms in total. The van der Waals surface area contributed by atoms with Gasteiger partial charge in [0.05, 0.1) is 28.1 Å². The molecular weight excluding hydrogens is 400 g/mol. The molecule has 28 heavy (non-hydrogen) atoms. The fraction of sp³-hybridized carbons (Fsp3) is 0.235. The van der Waals surface area contributed by atoms with Crippen molar-refractivity contribution in [2.24, 2.45) is 7.05 Å². The van der Waals surface area contributed by atoms with Gasteiger partial charge in [-0.1, -0.05) is 6.92 Å². The van der Waals surface area contributed by atoms with Gasteiger partial charge in [-0.3, -0.25) is 4.98 Å². The molecule has 3 rings (SSSR count). The maximum Gasteiger partial charge on any atom is 0.417 e. The van der Waals surface area contributed by atoms with Crippen LogP contribution in [0.4, 0.5) is 17.6 Å². The minimum absolute atomic E-state index is 0.0556. The molecular formula is C17H14F4N4O2S. The zero-order valence-electron chi connectivity index (χ0n) is 14.7. The van der Waals surface area contributed by atoms with E-state index in [4.69, 9.17) is 0 Å². The Morgan fingerprint density at radius 2 is 1.79 bits per heavy atom. The molecule has 0 aromatic carbocycles. The molecule has 148 valence electrons. The van der Waals surface area contributed by atoms with Crippen molar-refractivity contribution in [3.05, 3.63) is 48.3 Å². The van der Waals surface area contributed by atoms with E-state index in [-0.39, 0.29) is 11.5 Å². The Bertz CT molecular complexity index is 1120. The number of halogens is 4. The van der Waals surface area contributed by atoms with Crippen molar-refractivity contribution < 1.29 is 26.0 Å². The smallest absolute Gasteiger partial charge is 0.326 e. The van der Waals surface area contributed by atoms with E-state index in [1.165, 1.54) is 30.0 Å². The number of hydrogen-bond donors (Lipinski definition) is 0. The largest absolute Gasteiger partial charge is 0.417 e. The van der Waals surface area contributed by atoms with Crippen LogP contribution in [0.25, 0.3) is 22.8 Å². The molecule has 0 spiro atoms. The number of hydrogen-bond acceptors (Lipinski definition) is 5. The highest BCUT2D eigenvalue weighted by molar-refractivity contribution is 7.91. The van der Waals surface area contributed by atoms with Crippen molar-refractivity contribution in [3.63, 3.8) is 0 Å². The number of alkyl halides is 3. The quantitative estimate of drug-likeness (QED) is 0.482. The van der Waals surface area contributed by atoms with Crippen molar-refractivity contribution >= 4 is 9.84 Å². The topological polar surface area (TPSA) is 77.7 Å². The summed E-state index contributed by atoms with van der Waals surface area (Å²) in [6.45, 7) is 1.33. The molecule has 0 radical (unpaired) electrons. The third-order valence-electron chi connectivity index (χ3n) is 4.12. The third kappa shape index (κ3) is 3.61. The summed E-state index contributed by atoms with van der Waals surface area (Å²) >= 11 is 0. The molecule has 0 aliphatic carbocycles. The SMILES string of the molecule is CCS(=O)(=O)c1cc(C(F)(F)F)cnc1-c1ncc(-c2ccc(F)nc2)n1C. The van der Waals surface area contributed by atoms with Gasteiger partial charge < -0.3 is 4.57 Å². The summed E-state index contributed by atoms with van der Waals surface area (Å²) in [5, 5.41) is 0. The molecule has 3 heterocycles. The maximum absolute atomic E-state index is 13.0. The molecule has 3 aromatic rings. The lowest BCUT2D eigenvalue weighted by atomic mass is 10.2. The number of pyridine rings is 2. The molecule has 0 bridgehead atoms. The zero-order chi connectivity index (χ0) is 20.7. The van der Waals surface area contributed by atoms with Gasteiger partial charge in [-0.2, -0.15) is 17.6 Å². The number of aromatic nitrogens is 4. The fourth-order valence-corrected chi connectivity index (χ4v) is 3.64. The van der Waals surface area contributed by atoms with E-state index in [0.29, 0.717) is 23.5 Å². The molecule has 0 N–H and O–H groups in total. The average Bonchev–Trinajstić information content (AvgIpc) is 3.02. The van der Waals surface area contributed by atoms with Gasteiger partial charge in [0.2, 0.25) is 5.95 Å². The van der Waals surface area contributed by atoms with Crippen LogP contribution in [0.1, 0.15) is 12.5 Å². The summed E-state index contributed by atoms with van der Waals surface area (Å²) in [7, 11) is -2.47. The van der Waals surface area contributed by atoms with E-state index in [9.17, 15) is 26.0 Å². The second-order valence-corrected chi connectivity index (χ2v) is 8.11. The predicted molar refractivity (Wildman–Crippen MR) is 92.4 cm³/mol. The Hall–Kier alpha value is -2.82. The minimum atomic E-state index is -4.74.